The highest BCUT2D eigenvalue weighted by molar-refractivity contribution is 6.45. The standard InChI is InChI=1S/C17H30BNO2/c1-16(2)17(3,4)21-18(20-16)12-8-6-5-7-9-13-19-14-10-11-15-19/h10-11,14-15H,5-9,12-13H2,1-4H3. The van der Waals surface area contributed by atoms with Crippen molar-refractivity contribution in [1.82, 2.24) is 4.57 Å². The van der Waals surface area contributed by atoms with Gasteiger partial charge >= 0.3 is 7.12 Å². The second-order valence-corrected chi connectivity index (χ2v) is 7.16. The van der Waals surface area contributed by atoms with E-state index in [0.717, 1.165) is 12.9 Å². The van der Waals surface area contributed by atoms with Crippen LogP contribution in [0.5, 0.6) is 0 Å². The van der Waals surface area contributed by atoms with Gasteiger partial charge in [-0.1, -0.05) is 25.7 Å². The van der Waals surface area contributed by atoms with Crippen LogP contribution in [0.25, 0.3) is 0 Å². The zero-order valence-corrected chi connectivity index (χ0v) is 14.1. The zero-order chi connectivity index (χ0) is 15.3. The van der Waals surface area contributed by atoms with Crippen molar-refractivity contribution in [3.05, 3.63) is 24.5 Å². The van der Waals surface area contributed by atoms with Crippen LogP contribution in [0.15, 0.2) is 24.5 Å². The molecule has 0 radical (unpaired) electrons. The van der Waals surface area contributed by atoms with Crippen LogP contribution in [-0.2, 0) is 15.9 Å². The first-order valence-corrected chi connectivity index (χ1v) is 8.37. The molecule has 1 aliphatic rings. The van der Waals surface area contributed by atoms with E-state index in [4.69, 9.17) is 9.31 Å². The van der Waals surface area contributed by atoms with Gasteiger partial charge in [0.15, 0.2) is 0 Å². The van der Waals surface area contributed by atoms with Gasteiger partial charge < -0.3 is 13.9 Å². The van der Waals surface area contributed by atoms with Gasteiger partial charge in [0, 0.05) is 18.9 Å². The lowest BCUT2D eigenvalue weighted by Crippen LogP contribution is -2.41. The van der Waals surface area contributed by atoms with E-state index in [1.165, 1.54) is 32.1 Å². The summed E-state index contributed by atoms with van der Waals surface area (Å²) < 4.78 is 14.3. The van der Waals surface area contributed by atoms with Crippen LogP contribution in [0.1, 0.15) is 59.8 Å². The number of nitrogens with zero attached hydrogens (tertiary/aromatic N) is 1. The average molecular weight is 291 g/mol. The summed E-state index contributed by atoms with van der Waals surface area (Å²) in [5.74, 6) is 0. The van der Waals surface area contributed by atoms with Gasteiger partial charge in [-0.05, 0) is 52.6 Å². The van der Waals surface area contributed by atoms with Crippen LogP contribution < -0.4 is 0 Å². The van der Waals surface area contributed by atoms with E-state index in [1.807, 2.05) is 0 Å². The number of aromatic nitrogens is 1. The van der Waals surface area contributed by atoms with Crippen molar-refractivity contribution < 1.29 is 9.31 Å². The van der Waals surface area contributed by atoms with Crippen molar-refractivity contribution in [2.45, 2.75) is 83.9 Å². The van der Waals surface area contributed by atoms with Crippen molar-refractivity contribution >= 4 is 7.12 Å². The minimum atomic E-state index is -0.186. The van der Waals surface area contributed by atoms with Gasteiger partial charge in [0.2, 0.25) is 0 Å². The maximum Gasteiger partial charge on any atom is 0.457 e. The van der Waals surface area contributed by atoms with Crippen LogP contribution in [0.2, 0.25) is 6.32 Å². The molecule has 1 aromatic heterocycles. The summed E-state index contributed by atoms with van der Waals surface area (Å²) in [5.41, 5.74) is -0.372. The van der Waals surface area contributed by atoms with Gasteiger partial charge in [0.1, 0.15) is 0 Å². The van der Waals surface area contributed by atoms with Gasteiger partial charge in [-0.2, -0.15) is 0 Å². The molecule has 0 aromatic carbocycles. The Hall–Kier alpha value is -0.735. The van der Waals surface area contributed by atoms with Crippen molar-refractivity contribution in [3.8, 4) is 0 Å². The van der Waals surface area contributed by atoms with Crippen molar-refractivity contribution in [2.24, 2.45) is 0 Å². The Morgan fingerprint density at radius 3 is 1.95 bits per heavy atom. The minimum absolute atomic E-state index is 0.0186. The van der Waals surface area contributed by atoms with Gasteiger partial charge in [-0.25, -0.2) is 0 Å². The third-order valence-electron chi connectivity index (χ3n) is 4.82. The summed E-state index contributed by atoms with van der Waals surface area (Å²) in [6, 6.07) is 4.18. The van der Waals surface area contributed by atoms with E-state index in [1.54, 1.807) is 0 Å². The molecule has 2 rings (SSSR count). The first-order valence-electron chi connectivity index (χ1n) is 8.37. The highest BCUT2D eigenvalue weighted by Gasteiger charge is 2.50. The summed E-state index contributed by atoms with van der Waals surface area (Å²) in [5, 5.41) is 0. The van der Waals surface area contributed by atoms with Crippen molar-refractivity contribution in [2.75, 3.05) is 0 Å². The van der Waals surface area contributed by atoms with Gasteiger partial charge in [-0.15, -0.1) is 0 Å². The third-order valence-corrected chi connectivity index (χ3v) is 4.82. The molecule has 0 aliphatic carbocycles. The van der Waals surface area contributed by atoms with E-state index in [9.17, 15) is 0 Å². The van der Waals surface area contributed by atoms with Crippen molar-refractivity contribution in [3.63, 3.8) is 0 Å². The molecule has 4 heteroatoms. The second kappa shape index (κ2) is 7.02. The fourth-order valence-corrected chi connectivity index (χ4v) is 2.74. The lowest BCUT2D eigenvalue weighted by Gasteiger charge is -2.32. The number of hydrogen-bond donors (Lipinski definition) is 0. The van der Waals surface area contributed by atoms with E-state index in [2.05, 4.69) is 56.8 Å². The summed E-state index contributed by atoms with van der Waals surface area (Å²) in [6.07, 6.45) is 11.6. The topological polar surface area (TPSA) is 23.4 Å². The maximum atomic E-state index is 6.02. The van der Waals surface area contributed by atoms with E-state index in [0.29, 0.717) is 0 Å². The normalized spacial score (nSPS) is 20.1. The number of rotatable bonds is 8. The van der Waals surface area contributed by atoms with Crippen LogP contribution in [-0.4, -0.2) is 22.9 Å². The SMILES string of the molecule is CC1(C)OB(CCCCCCCn2cccc2)OC1(C)C. The summed E-state index contributed by atoms with van der Waals surface area (Å²) in [4.78, 5) is 0. The van der Waals surface area contributed by atoms with E-state index >= 15 is 0 Å². The number of aryl methyl sites for hydroxylation is 1. The van der Waals surface area contributed by atoms with E-state index in [-0.39, 0.29) is 18.3 Å². The smallest absolute Gasteiger partial charge is 0.403 e. The molecular formula is C17H30BNO2. The third kappa shape index (κ3) is 4.62. The molecule has 0 saturated carbocycles. The maximum absolute atomic E-state index is 6.02. The fourth-order valence-electron chi connectivity index (χ4n) is 2.74. The molecule has 3 nitrogen and oxygen atoms in total. The highest BCUT2D eigenvalue weighted by Crippen LogP contribution is 2.38. The Bertz CT molecular complexity index is 398. The molecule has 0 N–H and O–H groups in total. The van der Waals surface area contributed by atoms with Gasteiger partial charge in [0.05, 0.1) is 11.2 Å². The first kappa shape index (κ1) is 16.6. The zero-order valence-electron chi connectivity index (χ0n) is 14.1. The van der Waals surface area contributed by atoms with E-state index < -0.39 is 0 Å². The van der Waals surface area contributed by atoms with Crippen LogP contribution >= 0.6 is 0 Å². The number of hydrogen-bond acceptors (Lipinski definition) is 2. The Morgan fingerprint density at radius 1 is 0.810 bits per heavy atom. The molecule has 1 aromatic rings. The molecule has 0 atom stereocenters. The largest absolute Gasteiger partial charge is 0.457 e. The second-order valence-electron chi connectivity index (χ2n) is 7.16. The molecule has 0 unspecified atom stereocenters. The lowest BCUT2D eigenvalue weighted by molar-refractivity contribution is 0.00578. The van der Waals surface area contributed by atoms with Crippen LogP contribution in [0.3, 0.4) is 0 Å². The first-order chi connectivity index (χ1) is 9.91. The molecule has 2 heterocycles. The quantitative estimate of drug-likeness (QED) is 0.519. The molecule has 1 saturated heterocycles. The lowest BCUT2D eigenvalue weighted by atomic mass is 9.82. The number of unbranched alkanes of at least 4 members (excludes halogenated alkanes) is 4. The molecule has 0 bridgehead atoms. The fraction of sp³-hybridized carbons (Fsp3) is 0.765. The summed E-state index contributed by atoms with van der Waals surface area (Å²) in [7, 11) is -0.0186. The summed E-state index contributed by atoms with van der Waals surface area (Å²) in [6.45, 7) is 9.62. The van der Waals surface area contributed by atoms with Crippen LogP contribution in [0.4, 0.5) is 0 Å². The van der Waals surface area contributed by atoms with Crippen molar-refractivity contribution in [1.29, 1.82) is 0 Å². The molecule has 0 amide bonds. The molecule has 1 fully saturated rings. The molecule has 21 heavy (non-hydrogen) atoms. The Balaban J connectivity index is 1.51. The van der Waals surface area contributed by atoms with Gasteiger partial charge in [0.25, 0.3) is 0 Å². The Morgan fingerprint density at radius 2 is 1.33 bits per heavy atom. The monoisotopic (exact) mass is 291 g/mol. The molecule has 0 spiro atoms. The van der Waals surface area contributed by atoms with Gasteiger partial charge in [-0.3, -0.25) is 0 Å². The molecule has 1 aliphatic heterocycles. The Labute approximate surface area is 130 Å². The predicted molar refractivity (Wildman–Crippen MR) is 88.4 cm³/mol. The van der Waals surface area contributed by atoms with Crippen LogP contribution in [0, 0.1) is 0 Å². The average Bonchev–Trinajstić information content (AvgIpc) is 2.95. The molecule has 118 valence electrons. The predicted octanol–water partition coefficient (Wildman–Crippen LogP) is 4.53. The Kier molecular flexibility index (Phi) is 5.56. The highest BCUT2D eigenvalue weighted by atomic mass is 16.7. The minimum Gasteiger partial charge on any atom is -0.403 e. The summed E-state index contributed by atoms with van der Waals surface area (Å²) >= 11 is 0. The molecular weight excluding hydrogens is 261 g/mol.